The number of benzene rings is 1. The summed E-state index contributed by atoms with van der Waals surface area (Å²) in [4.78, 5) is 32.8. The summed E-state index contributed by atoms with van der Waals surface area (Å²) >= 11 is 7.26. The highest BCUT2D eigenvalue weighted by molar-refractivity contribution is 7.22. The van der Waals surface area contributed by atoms with Crippen LogP contribution in [0.4, 0.5) is 9.52 Å². The van der Waals surface area contributed by atoms with Crippen LogP contribution in [0.2, 0.25) is 5.02 Å². The Balaban J connectivity index is 1.34. The molecule has 29 heavy (non-hydrogen) atoms. The summed E-state index contributed by atoms with van der Waals surface area (Å²) in [6, 6.07) is 2.95. The molecule has 1 aromatic carbocycles. The molecular weight excluding hydrogens is 419 g/mol. The molecule has 3 heterocycles. The highest BCUT2D eigenvalue weighted by Crippen LogP contribution is 2.32. The highest BCUT2D eigenvalue weighted by atomic mass is 35.5. The first-order chi connectivity index (χ1) is 13.9. The van der Waals surface area contributed by atoms with E-state index in [0.717, 1.165) is 32.5 Å². The molecular formula is C19H22ClFN4O3S. The summed E-state index contributed by atoms with van der Waals surface area (Å²) in [5, 5.41) is 3.55. The molecule has 2 aliphatic heterocycles. The minimum Gasteiger partial charge on any atom is -0.468 e. The maximum absolute atomic E-state index is 13.5. The summed E-state index contributed by atoms with van der Waals surface area (Å²) in [6.45, 7) is 3.57. The van der Waals surface area contributed by atoms with E-state index in [1.165, 1.54) is 30.6 Å². The van der Waals surface area contributed by atoms with Crippen molar-refractivity contribution in [3.05, 3.63) is 23.0 Å². The molecule has 2 aliphatic rings. The second kappa shape index (κ2) is 8.51. The number of nitrogens with zero attached hydrogens (tertiary/aromatic N) is 3. The van der Waals surface area contributed by atoms with Crippen molar-refractivity contribution < 1.29 is 18.7 Å². The van der Waals surface area contributed by atoms with Crippen molar-refractivity contribution in [1.29, 1.82) is 0 Å². The zero-order chi connectivity index (χ0) is 20.5. The number of halogens is 2. The van der Waals surface area contributed by atoms with E-state index in [1.54, 1.807) is 0 Å². The van der Waals surface area contributed by atoms with Gasteiger partial charge in [0.1, 0.15) is 11.3 Å². The van der Waals surface area contributed by atoms with Crippen molar-refractivity contribution in [2.75, 3.05) is 45.2 Å². The number of nitrogens with one attached hydrogen (secondary N) is 1. The van der Waals surface area contributed by atoms with Crippen LogP contribution in [0.15, 0.2) is 12.1 Å². The Hall–Kier alpha value is -1.81. The molecule has 7 nitrogen and oxygen atoms in total. The maximum atomic E-state index is 13.5. The molecule has 0 saturated carbocycles. The van der Waals surface area contributed by atoms with Crippen molar-refractivity contribution >= 4 is 50.2 Å². The Morgan fingerprint density at radius 1 is 1.38 bits per heavy atom. The fourth-order valence-electron chi connectivity index (χ4n) is 3.92. The van der Waals surface area contributed by atoms with Crippen LogP contribution in [-0.4, -0.2) is 72.5 Å². The number of esters is 1. The first-order valence-electron chi connectivity index (χ1n) is 9.52. The van der Waals surface area contributed by atoms with E-state index < -0.39 is 5.82 Å². The smallest absolute Gasteiger partial charge is 0.319 e. The van der Waals surface area contributed by atoms with Gasteiger partial charge in [-0.2, -0.15) is 0 Å². The molecule has 10 heteroatoms. The number of carbonyl (C=O) groups is 2. The largest absolute Gasteiger partial charge is 0.468 e. The lowest BCUT2D eigenvalue weighted by Gasteiger charge is -2.47. The monoisotopic (exact) mass is 440 g/mol. The molecule has 1 atom stereocenters. The van der Waals surface area contributed by atoms with Gasteiger partial charge in [-0.15, -0.1) is 0 Å². The number of rotatable bonds is 5. The van der Waals surface area contributed by atoms with E-state index in [-0.39, 0.29) is 22.8 Å². The van der Waals surface area contributed by atoms with Crippen molar-refractivity contribution in [3.63, 3.8) is 0 Å². The molecule has 1 unspecified atom stereocenters. The molecule has 2 saturated heterocycles. The number of amides is 1. The topological polar surface area (TPSA) is 74.8 Å². The van der Waals surface area contributed by atoms with Gasteiger partial charge in [-0.1, -0.05) is 22.9 Å². The number of piperidine rings is 1. The van der Waals surface area contributed by atoms with Gasteiger partial charge in [-0.3, -0.25) is 19.4 Å². The fraction of sp³-hybridized carbons (Fsp3) is 0.526. The van der Waals surface area contributed by atoms with E-state index in [9.17, 15) is 14.0 Å². The molecule has 1 N–H and O–H groups in total. The molecule has 0 spiro atoms. The van der Waals surface area contributed by atoms with E-state index in [0.29, 0.717) is 34.5 Å². The number of ether oxygens (including phenoxy) is 1. The van der Waals surface area contributed by atoms with E-state index in [2.05, 4.69) is 15.2 Å². The zero-order valence-electron chi connectivity index (χ0n) is 16.0. The molecule has 0 bridgehead atoms. The average Bonchev–Trinajstić information content (AvgIpc) is 3.06. The Morgan fingerprint density at radius 3 is 2.93 bits per heavy atom. The van der Waals surface area contributed by atoms with Crippen LogP contribution in [0.3, 0.4) is 0 Å². The number of hydrogen-bond donors (Lipinski definition) is 1. The lowest BCUT2D eigenvalue weighted by atomic mass is 9.94. The van der Waals surface area contributed by atoms with Gasteiger partial charge in [0.05, 0.1) is 29.3 Å². The third kappa shape index (κ3) is 4.53. The van der Waals surface area contributed by atoms with E-state index in [4.69, 9.17) is 16.3 Å². The van der Waals surface area contributed by atoms with Crippen LogP contribution in [-0.2, 0) is 14.3 Å². The first kappa shape index (κ1) is 20.5. The van der Waals surface area contributed by atoms with Gasteiger partial charge in [0.2, 0.25) is 5.91 Å². The van der Waals surface area contributed by atoms with Crippen LogP contribution < -0.4 is 5.32 Å². The molecule has 2 aromatic rings. The van der Waals surface area contributed by atoms with Gasteiger partial charge in [-0.05, 0) is 31.5 Å². The lowest BCUT2D eigenvalue weighted by molar-refractivity contribution is -0.144. The van der Waals surface area contributed by atoms with Gasteiger partial charge < -0.3 is 10.1 Å². The van der Waals surface area contributed by atoms with Crippen LogP contribution in [0.1, 0.15) is 12.8 Å². The number of methoxy groups -OCH3 is 1. The molecule has 156 valence electrons. The second-order valence-corrected chi connectivity index (χ2v) is 8.94. The van der Waals surface area contributed by atoms with Gasteiger partial charge in [0.15, 0.2) is 5.13 Å². The third-order valence-electron chi connectivity index (χ3n) is 5.50. The average molecular weight is 441 g/mol. The van der Waals surface area contributed by atoms with Crippen LogP contribution in [0, 0.1) is 11.7 Å². The van der Waals surface area contributed by atoms with Crippen molar-refractivity contribution in [2.45, 2.75) is 18.9 Å². The van der Waals surface area contributed by atoms with Crippen molar-refractivity contribution in [1.82, 2.24) is 14.8 Å². The highest BCUT2D eigenvalue weighted by Gasteiger charge is 2.36. The fourth-order valence-corrected chi connectivity index (χ4v) is 5.14. The van der Waals surface area contributed by atoms with Gasteiger partial charge in [0, 0.05) is 25.7 Å². The second-order valence-electron chi connectivity index (χ2n) is 7.50. The Kier molecular flexibility index (Phi) is 6.00. The number of likely N-dealkylation sites (tertiary alicyclic amines) is 2. The molecule has 4 rings (SSSR count). The quantitative estimate of drug-likeness (QED) is 0.720. The van der Waals surface area contributed by atoms with Gasteiger partial charge in [-0.25, -0.2) is 9.37 Å². The minimum atomic E-state index is -0.423. The summed E-state index contributed by atoms with van der Waals surface area (Å²) in [5.41, 5.74) is 0.499. The first-order valence-corrected chi connectivity index (χ1v) is 10.7. The summed E-state index contributed by atoms with van der Waals surface area (Å²) in [6.07, 6.45) is 1.77. The van der Waals surface area contributed by atoms with E-state index in [1.807, 2.05) is 4.90 Å². The van der Waals surface area contributed by atoms with Crippen molar-refractivity contribution in [2.24, 2.45) is 5.92 Å². The molecule has 2 fully saturated rings. The molecule has 1 aromatic heterocycles. The summed E-state index contributed by atoms with van der Waals surface area (Å²) < 4.78 is 18.8. The standard InChI is InChI=1S/C19H22ClFN4O3S/c1-28-16(26)10-24-8-13(9-24)25-4-2-3-11(7-25)18(27)23-19-22-17-14(20)5-12(21)6-15(17)29-19/h5-6,11,13H,2-4,7-10H2,1H3,(H,22,23,27). The minimum absolute atomic E-state index is 0.0731. The molecule has 1 amide bonds. The van der Waals surface area contributed by atoms with Gasteiger partial charge >= 0.3 is 5.97 Å². The number of hydrogen-bond acceptors (Lipinski definition) is 7. The van der Waals surface area contributed by atoms with E-state index >= 15 is 0 Å². The number of aromatic nitrogens is 1. The SMILES string of the molecule is COC(=O)CN1CC(N2CCCC(C(=O)Nc3nc4c(Cl)cc(F)cc4s3)C2)C1. The number of fused-ring (bicyclic) bond motifs is 1. The Morgan fingerprint density at radius 2 is 2.17 bits per heavy atom. The lowest BCUT2D eigenvalue weighted by Crippen LogP contribution is -2.62. The van der Waals surface area contributed by atoms with Gasteiger partial charge in [0.25, 0.3) is 0 Å². The van der Waals surface area contributed by atoms with Crippen molar-refractivity contribution in [3.8, 4) is 0 Å². The summed E-state index contributed by atoms with van der Waals surface area (Å²) in [7, 11) is 1.39. The number of anilines is 1. The Labute approximate surface area is 176 Å². The maximum Gasteiger partial charge on any atom is 0.319 e. The predicted molar refractivity (Wildman–Crippen MR) is 110 cm³/mol. The summed E-state index contributed by atoms with van der Waals surface area (Å²) in [5.74, 6) is -0.849. The predicted octanol–water partition coefficient (Wildman–Crippen LogP) is 2.60. The Bertz CT molecular complexity index is 934. The number of thiazole rings is 1. The van der Waals surface area contributed by atoms with Crippen LogP contribution in [0.5, 0.6) is 0 Å². The number of carbonyl (C=O) groups excluding carboxylic acids is 2. The van der Waals surface area contributed by atoms with Crippen LogP contribution >= 0.6 is 22.9 Å². The normalized spacial score (nSPS) is 21.1. The molecule has 0 aliphatic carbocycles. The van der Waals surface area contributed by atoms with Crippen LogP contribution in [0.25, 0.3) is 10.2 Å². The molecule has 0 radical (unpaired) electrons. The third-order valence-corrected chi connectivity index (χ3v) is 6.71. The zero-order valence-corrected chi connectivity index (χ0v) is 17.6.